The zero-order chi connectivity index (χ0) is 18.8. The highest BCUT2D eigenvalue weighted by Gasteiger charge is 2.19. The number of nitrogens with zero attached hydrogens (tertiary/aromatic N) is 4. The second kappa shape index (κ2) is 7.24. The third kappa shape index (κ3) is 3.56. The fourth-order valence-corrected chi connectivity index (χ4v) is 3.33. The molecule has 1 saturated heterocycles. The second-order valence-corrected chi connectivity index (χ2v) is 6.53. The Bertz CT molecular complexity index is 970. The molecule has 1 fully saturated rings. The lowest BCUT2D eigenvalue weighted by Crippen LogP contribution is -2.27. The average Bonchev–Trinajstić information content (AvgIpc) is 2.70. The standard InChI is InChI=1S/C19H20FN7/c20-17-12(6-9-24-18(17)21)13-2-1-3-14(25-13)16-10-15(26-19(22)27-16)11-4-7-23-8-5-11/h1-3,6,9-11,23H,4-5,7-8H2,(H2,21,24)(H2,22,26,27). The van der Waals surface area contributed by atoms with E-state index in [0.29, 0.717) is 28.6 Å². The third-order valence-corrected chi connectivity index (χ3v) is 4.72. The number of hydrogen-bond acceptors (Lipinski definition) is 7. The van der Waals surface area contributed by atoms with Crippen LogP contribution in [0.4, 0.5) is 16.2 Å². The van der Waals surface area contributed by atoms with E-state index in [4.69, 9.17) is 11.5 Å². The minimum Gasteiger partial charge on any atom is -0.381 e. The lowest BCUT2D eigenvalue weighted by atomic mass is 9.94. The van der Waals surface area contributed by atoms with E-state index in [1.54, 1.807) is 18.2 Å². The van der Waals surface area contributed by atoms with Gasteiger partial charge in [0.2, 0.25) is 5.95 Å². The summed E-state index contributed by atoms with van der Waals surface area (Å²) in [7, 11) is 0. The number of pyridine rings is 2. The van der Waals surface area contributed by atoms with Crippen LogP contribution in [0.25, 0.3) is 22.6 Å². The normalized spacial score (nSPS) is 15.0. The van der Waals surface area contributed by atoms with E-state index < -0.39 is 5.82 Å². The first-order valence-electron chi connectivity index (χ1n) is 8.85. The average molecular weight is 365 g/mol. The van der Waals surface area contributed by atoms with Crippen LogP contribution in [-0.2, 0) is 0 Å². The van der Waals surface area contributed by atoms with Crippen molar-refractivity contribution in [3.8, 4) is 22.6 Å². The van der Waals surface area contributed by atoms with Crippen molar-refractivity contribution in [3.63, 3.8) is 0 Å². The Hall–Kier alpha value is -3.13. The van der Waals surface area contributed by atoms with Gasteiger partial charge in [-0.2, -0.15) is 0 Å². The van der Waals surface area contributed by atoms with Crippen LogP contribution in [-0.4, -0.2) is 33.0 Å². The van der Waals surface area contributed by atoms with E-state index in [1.165, 1.54) is 6.20 Å². The maximum absolute atomic E-state index is 14.3. The largest absolute Gasteiger partial charge is 0.381 e. The van der Waals surface area contributed by atoms with Crippen molar-refractivity contribution < 1.29 is 4.39 Å². The van der Waals surface area contributed by atoms with Crippen LogP contribution in [0, 0.1) is 5.82 Å². The minimum atomic E-state index is -0.584. The van der Waals surface area contributed by atoms with Crippen LogP contribution in [0.1, 0.15) is 24.5 Å². The van der Waals surface area contributed by atoms with Gasteiger partial charge in [0, 0.05) is 23.4 Å². The summed E-state index contributed by atoms with van der Waals surface area (Å²) in [6, 6.07) is 8.82. The van der Waals surface area contributed by atoms with Gasteiger partial charge in [-0.1, -0.05) is 6.07 Å². The number of nitrogen functional groups attached to an aromatic ring is 2. The quantitative estimate of drug-likeness (QED) is 0.652. The Morgan fingerprint density at radius 1 is 0.963 bits per heavy atom. The summed E-state index contributed by atoms with van der Waals surface area (Å²) in [5.74, 6) is -0.178. The highest BCUT2D eigenvalue weighted by atomic mass is 19.1. The van der Waals surface area contributed by atoms with Gasteiger partial charge in [0.25, 0.3) is 0 Å². The number of hydrogen-bond donors (Lipinski definition) is 3. The second-order valence-electron chi connectivity index (χ2n) is 6.53. The smallest absolute Gasteiger partial charge is 0.220 e. The summed E-state index contributed by atoms with van der Waals surface area (Å²) >= 11 is 0. The number of nitrogens with one attached hydrogen (secondary N) is 1. The molecule has 3 aromatic rings. The van der Waals surface area contributed by atoms with Gasteiger partial charge >= 0.3 is 0 Å². The molecular formula is C19H20FN7. The molecule has 0 unspecified atom stereocenters. The Morgan fingerprint density at radius 2 is 1.74 bits per heavy atom. The Balaban J connectivity index is 1.74. The van der Waals surface area contributed by atoms with Crippen molar-refractivity contribution in [2.75, 3.05) is 24.6 Å². The molecule has 0 spiro atoms. The van der Waals surface area contributed by atoms with E-state index in [0.717, 1.165) is 31.6 Å². The molecule has 0 aromatic carbocycles. The summed E-state index contributed by atoms with van der Waals surface area (Å²) in [5, 5.41) is 3.34. The molecular weight excluding hydrogens is 345 g/mol. The van der Waals surface area contributed by atoms with Gasteiger partial charge in [0.15, 0.2) is 11.6 Å². The highest BCUT2D eigenvalue weighted by Crippen LogP contribution is 2.29. The van der Waals surface area contributed by atoms with Gasteiger partial charge < -0.3 is 16.8 Å². The minimum absolute atomic E-state index is 0.154. The molecule has 0 amide bonds. The first kappa shape index (κ1) is 17.3. The van der Waals surface area contributed by atoms with Crippen LogP contribution < -0.4 is 16.8 Å². The zero-order valence-electron chi connectivity index (χ0n) is 14.7. The summed E-state index contributed by atoms with van der Waals surface area (Å²) in [6.45, 7) is 1.92. The van der Waals surface area contributed by atoms with Gasteiger partial charge in [-0.25, -0.2) is 24.3 Å². The monoisotopic (exact) mass is 365 g/mol. The van der Waals surface area contributed by atoms with Crippen molar-refractivity contribution in [3.05, 3.63) is 48.0 Å². The number of halogens is 1. The van der Waals surface area contributed by atoms with Gasteiger partial charge in [-0.05, 0) is 50.2 Å². The van der Waals surface area contributed by atoms with Crippen molar-refractivity contribution in [2.24, 2.45) is 0 Å². The van der Waals surface area contributed by atoms with Crippen molar-refractivity contribution in [1.82, 2.24) is 25.3 Å². The molecule has 5 N–H and O–H groups in total. The Morgan fingerprint density at radius 3 is 2.56 bits per heavy atom. The molecule has 4 heterocycles. The van der Waals surface area contributed by atoms with Crippen LogP contribution in [0.5, 0.6) is 0 Å². The van der Waals surface area contributed by atoms with E-state index in [1.807, 2.05) is 12.1 Å². The summed E-state index contributed by atoms with van der Waals surface area (Å²) in [5.41, 5.74) is 14.4. The maximum Gasteiger partial charge on any atom is 0.220 e. The van der Waals surface area contributed by atoms with E-state index >= 15 is 0 Å². The van der Waals surface area contributed by atoms with Crippen LogP contribution in [0.15, 0.2) is 36.5 Å². The number of rotatable bonds is 3. The van der Waals surface area contributed by atoms with Crippen LogP contribution in [0.3, 0.4) is 0 Å². The first-order chi connectivity index (χ1) is 13.1. The predicted octanol–water partition coefficient (Wildman–Crippen LogP) is 2.37. The summed E-state index contributed by atoms with van der Waals surface area (Å²) in [6.07, 6.45) is 3.47. The molecule has 138 valence electrons. The molecule has 27 heavy (non-hydrogen) atoms. The van der Waals surface area contributed by atoms with Crippen LogP contribution >= 0.6 is 0 Å². The molecule has 1 aliphatic heterocycles. The van der Waals surface area contributed by atoms with E-state index in [9.17, 15) is 4.39 Å². The highest BCUT2D eigenvalue weighted by molar-refractivity contribution is 5.67. The molecule has 0 aliphatic carbocycles. The predicted molar refractivity (Wildman–Crippen MR) is 102 cm³/mol. The third-order valence-electron chi connectivity index (χ3n) is 4.72. The molecule has 0 radical (unpaired) electrons. The first-order valence-corrected chi connectivity index (χ1v) is 8.85. The van der Waals surface area contributed by atoms with Crippen molar-refractivity contribution in [1.29, 1.82) is 0 Å². The van der Waals surface area contributed by atoms with E-state index in [2.05, 4.69) is 25.3 Å². The number of anilines is 2. The van der Waals surface area contributed by atoms with Crippen molar-refractivity contribution in [2.45, 2.75) is 18.8 Å². The van der Waals surface area contributed by atoms with Crippen molar-refractivity contribution >= 4 is 11.8 Å². The SMILES string of the molecule is Nc1nc(-c2cccc(-c3ccnc(N)c3F)n2)cc(C2CCNCC2)n1. The fraction of sp³-hybridized carbons (Fsp3) is 0.263. The van der Waals surface area contributed by atoms with Gasteiger partial charge in [0.1, 0.15) is 0 Å². The van der Waals surface area contributed by atoms with Gasteiger partial charge in [-0.3, -0.25) is 0 Å². The lowest BCUT2D eigenvalue weighted by molar-refractivity contribution is 0.453. The molecule has 3 aromatic heterocycles. The topological polar surface area (TPSA) is 116 Å². The lowest BCUT2D eigenvalue weighted by Gasteiger charge is -2.22. The number of piperidine rings is 1. The maximum atomic E-state index is 14.3. The molecule has 0 bridgehead atoms. The Labute approximate surface area is 156 Å². The zero-order valence-corrected chi connectivity index (χ0v) is 14.7. The van der Waals surface area contributed by atoms with Gasteiger partial charge in [-0.15, -0.1) is 0 Å². The number of nitrogens with two attached hydrogens (primary N) is 2. The summed E-state index contributed by atoms with van der Waals surface area (Å²) in [4.78, 5) is 17.1. The fourth-order valence-electron chi connectivity index (χ4n) is 3.33. The molecule has 7 nitrogen and oxygen atoms in total. The van der Waals surface area contributed by atoms with Crippen LogP contribution in [0.2, 0.25) is 0 Å². The number of aromatic nitrogens is 4. The molecule has 8 heteroatoms. The molecule has 0 atom stereocenters. The molecule has 1 aliphatic rings. The Kier molecular flexibility index (Phi) is 4.64. The van der Waals surface area contributed by atoms with Gasteiger partial charge in [0.05, 0.1) is 17.1 Å². The summed E-state index contributed by atoms with van der Waals surface area (Å²) < 4.78 is 14.3. The molecule has 0 saturated carbocycles. The van der Waals surface area contributed by atoms with E-state index in [-0.39, 0.29) is 11.8 Å². The molecule has 4 rings (SSSR count).